The Balaban J connectivity index is 1.95. The average Bonchev–Trinajstić information content (AvgIpc) is 3.11. The Morgan fingerprint density at radius 2 is 1.89 bits per heavy atom. The fraction of sp³-hybridized carbons (Fsp3) is 0.167. The summed E-state index contributed by atoms with van der Waals surface area (Å²) < 4.78 is 42.0. The molecule has 0 fully saturated rings. The van der Waals surface area contributed by atoms with Gasteiger partial charge in [-0.05, 0) is 24.6 Å². The maximum absolute atomic E-state index is 12.6. The van der Waals surface area contributed by atoms with Crippen LogP contribution in [-0.2, 0) is 0 Å². The van der Waals surface area contributed by atoms with Crippen LogP contribution in [0.1, 0.15) is 17.5 Å². The number of halogens is 3. The number of aromatic nitrogens is 3. The summed E-state index contributed by atoms with van der Waals surface area (Å²) >= 11 is 0. The number of nitrogens with zero attached hydrogens (tertiary/aromatic N) is 2. The van der Waals surface area contributed by atoms with Crippen molar-refractivity contribution in [3.05, 3.63) is 54.4 Å². The third kappa shape index (κ3) is 4.43. The number of hydrogen-bond acceptors (Lipinski definition) is 4. The van der Waals surface area contributed by atoms with Crippen LogP contribution in [0.4, 0.5) is 13.2 Å². The van der Waals surface area contributed by atoms with E-state index in [0.717, 1.165) is 0 Å². The summed E-state index contributed by atoms with van der Waals surface area (Å²) in [5, 5.41) is 9.14. The fourth-order valence-corrected chi connectivity index (χ4v) is 2.48. The normalized spacial score (nSPS) is 11.3. The van der Waals surface area contributed by atoms with Crippen LogP contribution < -0.4 is 10.1 Å². The molecule has 0 aliphatic carbocycles. The number of carbonyl (C=O) groups is 1. The predicted molar refractivity (Wildman–Crippen MR) is 91.9 cm³/mol. The first kappa shape index (κ1) is 18.4. The molecular weight excluding hydrogens is 361 g/mol. The Labute approximate surface area is 152 Å². The molecule has 0 spiro atoms. The fourth-order valence-electron chi connectivity index (χ4n) is 2.48. The summed E-state index contributed by atoms with van der Waals surface area (Å²) in [6.45, 7) is 2.22. The number of ether oxygens (including phenoxy) is 1. The van der Waals surface area contributed by atoms with Crippen molar-refractivity contribution in [3.8, 4) is 28.3 Å². The Morgan fingerprint density at radius 3 is 2.63 bits per heavy atom. The van der Waals surface area contributed by atoms with Gasteiger partial charge in [0.2, 0.25) is 5.82 Å². The van der Waals surface area contributed by atoms with Crippen molar-refractivity contribution in [2.24, 2.45) is 0 Å². The number of para-hydroxylation sites is 1. The quantitative estimate of drug-likeness (QED) is 0.710. The first-order valence-corrected chi connectivity index (χ1v) is 8.03. The summed E-state index contributed by atoms with van der Waals surface area (Å²) in [4.78, 5) is 15.9. The summed E-state index contributed by atoms with van der Waals surface area (Å²) in [6.07, 6.45) is -4.79. The minimum absolute atomic E-state index is 0.0538. The van der Waals surface area contributed by atoms with Gasteiger partial charge < -0.3 is 10.1 Å². The van der Waals surface area contributed by atoms with Gasteiger partial charge in [0.15, 0.2) is 5.82 Å². The molecule has 27 heavy (non-hydrogen) atoms. The number of benzene rings is 2. The molecular formula is C18H15F3N4O2. The number of rotatable bonds is 5. The summed E-state index contributed by atoms with van der Waals surface area (Å²) in [5.41, 5.74) is 1.31. The molecule has 6 nitrogen and oxygen atoms in total. The van der Waals surface area contributed by atoms with Crippen molar-refractivity contribution in [2.45, 2.75) is 13.3 Å². The molecule has 0 unspecified atom stereocenters. The Hall–Kier alpha value is -3.36. The van der Waals surface area contributed by atoms with E-state index in [0.29, 0.717) is 17.7 Å². The zero-order valence-electron chi connectivity index (χ0n) is 14.2. The van der Waals surface area contributed by atoms with Crippen LogP contribution in [0.25, 0.3) is 22.5 Å². The van der Waals surface area contributed by atoms with Gasteiger partial charge in [0, 0.05) is 17.7 Å². The molecule has 0 saturated carbocycles. The lowest BCUT2D eigenvalue weighted by Crippen LogP contribution is -2.23. The van der Waals surface area contributed by atoms with Crippen LogP contribution in [0.5, 0.6) is 5.75 Å². The smallest absolute Gasteiger partial charge is 0.405 e. The lowest BCUT2D eigenvalue weighted by molar-refractivity contribution is -0.274. The van der Waals surface area contributed by atoms with Crippen LogP contribution in [0.2, 0.25) is 0 Å². The zero-order chi connectivity index (χ0) is 19.4. The minimum atomic E-state index is -4.79. The van der Waals surface area contributed by atoms with Crippen LogP contribution >= 0.6 is 0 Å². The molecule has 2 aromatic carbocycles. The van der Waals surface area contributed by atoms with Gasteiger partial charge in [-0.15, -0.1) is 13.2 Å². The molecule has 3 rings (SSSR count). The van der Waals surface area contributed by atoms with Crippen LogP contribution in [0, 0.1) is 0 Å². The number of nitrogens with one attached hydrogen (secondary N) is 2. The van der Waals surface area contributed by atoms with Gasteiger partial charge in [-0.25, -0.2) is 4.98 Å². The summed E-state index contributed by atoms with van der Waals surface area (Å²) in [7, 11) is 0. The maximum atomic E-state index is 12.6. The number of carbonyl (C=O) groups excluding carboxylic acids is 1. The first-order chi connectivity index (χ1) is 12.9. The van der Waals surface area contributed by atoms with Crippen molar-refractivity contribution in [3.63, 3.8) is 0 Å². The minimum Gasteiger partial charge on any atom is -0.405 e. The Kier molecular flexibility index (Phi) is 5.11. The molecule has 0 atom stereocenters. The van der Waals surface area contributed by atoms with E-state index in [2.05, 4.69) is 25.2 Å². The summed E-state index contributed by atoms with van der Waals surface area (Å²) in [6, 6.07) is 12.5. The van der Waals surface area contributed by atoms with Gasteiger partial charge >= 0.3 is 6.36 Å². The van der Waals surface area contributed by atoms with Crippen LogP contribution in [0.3, 0.4) is 0 Å². The Bertz CT molecular complexity index is 954. The number of H-pyrrole nitrogens is 1. The molecule has 9 heteroatoms. The SMILES string of the molecule is CCNC(=O)c1nc(-c2cccc(-c3ccccc3OC(F)(F)F)c2)n[nH]1. The highest BCUT2D eigenvalue weighted by molar-refractivity contribution is 5.90. The van der Waals surface area contributed by atoms with Crippen molar-refractivity contribution in [2.75, 3.05) is 6.54 Å². The molecule has 1 amide bonds. The molecule has 0 saturated heterocycles. The highest BCUT2D eigenvalue weighted by Gasteiger charge is 2.32. The second-order valence-electron chi connectivity index (χ2n) is 5.49. The largest absolute Gasteiger partial charge is 0.573 e. The second-order valence-corrected chi connectivity index (χ2v) is 5.49. The average molecular weight is 376 g/mol. The van der Waals surface area contributed by atoms with Gasteiger partial charge in [-0.1, -0.05) is 36.4 Å². The molecule has 140 valence electrons. The van der Waals surface area contributed by atoms with Crippen molar-refractivity contribution in [1.29, 1.82) is 0 Å². The van der Waals surface area contributed by atoms with Gasteiger partial charge in [0.25, 0.3) is 5.91 Å². The lowest BCUT2D eigenvalue weighted by atomic mass is 10.0. The molecule has 1 heterocycles. The predicted octanol–water partition coefficient (Wildman–Crippen LogP) is 3.79. The van der Waals surface area contributed by atoms with Crippen LogP contribution in [-0.4, -0.2) is 34.0 Å². The molecule has 3 aromatic rings. The Morgan fingerprint density at radius 1 is 1.15 bits per heavy atom. The van der Waals surface area contributed by atoms with Crippen molar-refractivity contribution in [1.82, 2.24) is 20.5 Å². The zero-order valence-corrected chi connectivity index (χ0v) is 14.2. The first-order valence-electron chi connectivity index (χ1n) is 8.03. The van der Waals surface area contributed by atoms with E-state index < -0.39 is 12.3 Å². The van der Waals surface area contributed by atoms with E-state index in [-0.39, 0.29) is 23.0 Å². The van der Waals surface area contributed by atoms with E-state index >= 15 is 0 Å². The number of hydrogen-bond donors (Lipinski definition) is 2. The number of amides is 1. The molecule has 1 aromatic heterocycles. The number of alkyl halides is 3. The topological polar surface area (TPSA) is 79.9 Å². The van der Waals surface area contributed by atoms with Crippen molar-refractivity contribution < 1.29 is 22.7 Å². The third-order valence-electron chi connectivity index (χ3n) is 3.58. The van der Waals surface area contributed by atoms with Gasteiger partial charge in [-0.2, -0.15) is 5.10 Å². The van der Waals surface area contributed by atoms with E-state index in [1.54, 1.807) is 37.3 Å². The number of aromatic amines is 1. The highest BCUT2D eigenvalue weighted by Crippen LogP contribution is 2.34. The monoisotopic (exact) mass is 376 g/mol. The maximum Gasteiger partial charge on any atom is 0.573 e. The van der Waals surface area contributed by atoms with Gasteiger partial charge in [-0.3, -0.25) is 9.89 Å². The highest BCUT2D eigenvalue weighted by atomic mass is 19.4. The molecule has 0 radical (unpaired) electrons. The van der Waals surface area contributed by atoms with Gasteiger partial charge in [0.05, 0.1) is 0 Å². The summed E-state index contributed by atoms with van der Waals surface area (Å²) in [5.74, 6) is -0.387. The van der Waals surface area contributed by atoms with E-state index in [9.17, 15) is 18.0 Å². The molecule has 0 aliphatic rings. The van der Waals surface area contributed by atoms with Gasteiger partial charge in [0.1, 0.15) is 5.75 Å². The third-order valence-corrected chi connectivity index (χ3v) is 3.58. The molecule has 0 aliphatic heterocycles. The van der Waals surface area contributed by atoms with Crippen molar-refractivity contribution >= 4 is 5.91 Å². The lowest BCUT2D eigenvalue weighted by Gasteiger charge is -2.13. The second kappa shape index (κ2) is 7.48. The molecule has 0 bridgehead atoms. The van der Waals surface area contributed by atoms with Crippen LogP contribution in [0.15, 0.2) is 48.5 Å². The van der Waals surface area contributed by atoms with E-state index in [1.807, 2.05) is 0 Å². The van der Waals surface area contributed by atoms with E-state index in [1.165, 1.54) is 18.2 Å². The van der Waals surface area contributed by atoms with E-state index in [4.69, 9.17) is 0 Å². The standard InChI is InChI=1S/C18H15F3N4O2/c1-2-22-17(26)16-23-15(24-25-16)12-7-5-6-11(10-12)13-8-3-4-9-14(13)27-18(19,20)21/h3-10H,2H2,1H3,(H,22,26)(H,23,24,25). The molecule has 2 N–H and O–H groups in total.